The van der Waals surface area contributed by atoms with Crippen molar-refractivity contribution in [2.75, 3.05) is 0 Å². The van der Waals surface area contributed by atoms with Crippen molar-refractivity contribution < 1.29 is 9.59 Å². The lowest BCUT2D eigenvalue weighted by Gasteiger charge is -2.07. The Bertz CT molecular complexity index is 594. The Morgan fingerprint density at radius 1 is 1.38 bits per heavy atom. The fraction of sp³-hybridized carbons (Fsp3) is 0.357. The first-order valence-electron chi connectivity index (χ1n) is 6.50. The molecular weight excluding hydrogens is 313 g/mol. The standard InChI is InChI=1S/C14H15Cl2N3O2/c1-7(2)12-13(21)19-14(18-12)17-11(20)6-8-9(15)4-3-5-10(8)16/h3-5,7,12H,6H2,1-2H3,(H2,17,18,19,20,21). The van der Waals surface area contributed by atoms with Crippen LogP contribution in [0.4, 0.5) is 0 Å². The lowest BCUT2D eigenvalue weighted by molar-refractivity contribution is -0.120. The van der Waals surface area contributed by atoms with Crippen molar-refractivity contribution in [3.8, 4) is 0 Å². The lowest BCUT2D eigenvalue weighted by atomic mass is 10.1. The first-order valence-corrected chi connectivity index (χ1v) is 7.25. The van der Waals surface area contributed by atoms with E-state index < -0.39 is 6.04 Å². The summed E-state index contributed by atoms with van der Waals surface area (Å²) in [6.07, 6.45) is 0.0136. The summed E-state index contributed by atoms with van der Waals surface area (Å²) in [5.41, 5.74) is 0.545. The molecule has 2 amide bonds. The van der Waals surface area contributed by atoms with Crippen LogP contribution in [-0.4, -0.2) is 23.8 Å². The molecule has 1 atom stereocenters. The van der Waals surface area contributed by atoms with Gasteiger partial charge in [0.1, 0.15) is 6.04 Å². The van der Waals surface area contributed by atoms with Crippen molar-refractivity contribution in [3.05, 3.63) is 33.8 Å². The molecule has 1 aliphatic heterocycles. The molecule has 0 aromatic heterocycles. The molecule has 0 saturated carbocycles. The molecule has 0 saturated heterocycles. The number of rotatable bonds is 3. The molecular formula is C14H15Cl2N3O2. The fourth-order valence-corrected chi connectivity index (χ4v) is 2.51. The van der Waals surface area contributed by atoms with Crippen molar-refractivity contribution in [2.45, 2.75) is 26.3 Å². The first-order chi connectivity index (χ1) is 9.88. The first kappa shape index (κ1) is 15.8. The van der Waals surface area contributed by atoms with Gasteiger partial charge >= 0.3 is 0 Å². The smallest absolute Gasteiger partial charge is 0.251 e. The maximum Gasteiger partial charge on any atom is 0.251 e. The molecule has 2 rings (SSSR count). The van der Waals surface area contributed by atoms with Gasteiger partial charge in [-0.15, -0.1) is 0 Å². The van der Waals surface area contributed by atoms with Crippen molar-refractivity contribution in [2.24, 2.45) is 10.9 Å². The second-order valence-corrected chi connectivity index (χ2v) is 5.90. The largest absolute Gasteiger partial charge is 0.296 e. The summed E-state index contributed by atoms with van der Waals surface area (Å²) in [5, 5.41) is 5.96. The minimum Gasteiger partial charge on any atom is -0.296 e. The highest BCUT2D eigenvalue weighted by atomic mass is 35.5. The molecule has 0 aliphatic carbocycles. The number of nitrogens with zero attached hydrogens (tertiary/aromatic N) is 1. The van der Waals surface area contributed by atoms with Gasteiger partial charge in [0, 0.05) is 10.0 Å². The molecule has 0 spiro atoms. The Balaban J connectivity index is 2.03. The Kier molecular flexibility index (Phi) is 4.85. The molecule has 0 fully saturated rings. The summed E-state index contributed by atoms with van der Waals surface area (Å²) >= 11 is 12.0. The predicted molar refractivity (Wildman–Crippen MR) is 82.5 cm³/mol. The van der Waals surface area contributed by atoms with Gasteiger partial charge in [0.2, 0.25) is 11.9 Å². The Hall–Kier alpha value is -1.59. The average Bonchev–Trinajstić information content (AvgIpc) is 2.75. The van der Waals surface area contributed by atoms with Crippen LogP contribution < -0.4 is 10.6 Å². The van der Waals surface area contributed by atoms with Gasteiger partial charge in [0.05, 0.1) is 6.42 Å². The van der Waals surface area contributed by atoms with E-state index in [1.54, 1.807) is 18.2 Å². The summed E-state index contributed by atoms with van der Waals surface area (Å²) in [5.74, 6) is -0.311. The summed E-state index contributed by atoms with van der Waals surface area (Å²) in [4.78, 5) is 27.8. The Labute approximate surface area is 132 Å². The highest BCUT2D eigenvalue weighted by molar-refractivity contribution is 6.36. The van der Waals surface area contributed by atoms with Crippen LogP contribution in [0, 0.1) is 5.92 Å². The third-order valence-corrected chi connectivity index (χ3v) is 3.77. The van der Waals surface area contributed by atoms with Gasteiger partial charge in [-0.25, -0.2) is 4.99 Å². The van der Waals surface area contributed by atoms with Crippen LogP contribution in [0.2, 0.25) is 10.0 Å². The molecule has 2 N–H and O–H groups in total. The second-order valence-electron chi connectivity index (χ2n) is 5.08. The number of nitrogens with one attached hydrogen (secondary N) is 2. The van der Waals surface area contributed by atoms with E-state index in [0.29, 0.717) is 15.6 Å². The average molecular weight is 328 g/mol. The second kappa shape index (κ2) is 6.45. The zero-order valence-electron chi connectivity index (χ0n) is 11.6. The van der Waals surface area contributed by atoms with Crippen LogP contribution in [0.1, 0.15) is 19.4 Å². The van der Waals surface area contributed by atoms with Gasteiger partial charge in [0.15, 0.2) is 0 Å². The van der Waals surface area contributed by atoms with Crippen molar-refractivity contribution >= 4 is 41.0 Å². The Morgan fingerprint density at radius 2 is 2.00 bits per heavy atom. The van der Waals surface area contributed by atoms with E-state index in [0.717, 1.165) is 0 Å². The molecule has 5 nitrogen and oxygen atoms in total. The summed E-state index contributed by atoms with van der Waals surface area (Å²) in [7, 11) is 0. The number of amides is 2. The summed E-state index contributed by atoms with van der Waals surface area (Å²) in [6.45, 7) is 3.78. The van der Waals surface area contributed by atoms with E-state index in [-0.39, 0.29) is 30.1 Å². The number of hydrogen-bond donors (Lipinski definition) is 2. The van der Waals surface area contributed by atoms with Gasteiger partial charge in [-0.05, 0) is 23.6 Å². The van der Waals surface area contributed by atoms with Gasteiger partial charge in [-0.3, -0.25) is 20.2 Å². The van der Waals surface area contributed by atoms with Gasteiger partial charge < -0.3 is 0 Å². The third kappa shape index (κ3) is 3.74. The minimum atomic E-state index is -0.468. The highest BCUT2D eigenvalue weighted by Crippen LogP contribution is 2.24. The number of carbonyl (C=O) groups excluding carboxylic acids is 2. The molecule has 7 heteroatoms. The van der Waals surface area contributed by atoms with Crippen LogP contribution in [0.25, 0.3) is 0 Å². The van der Waals surface area contributed by atoms with Crippen LogP contribution in [0.15, 0.2) is 23.2 Å². The maximum absolute atomic E-state index is 12.0. The van der Waals surface area contributed by atoms with E-state index in [4.69, 9.17) is 23.2 Å². The quantitative estimate of drug-likeness (QED) is 0.893. The lowest BCUT2D eigenvalue weighted by Crippen LogP contribution is -2.41. The van der Waals surface area contributed by atoms with E-state index in [1.165, 1.54) is 0 Å². The zero-order valence-corrected chi connectivity index (χ0v) is 13.1. The van der Waals surface area contributed by atoms with Crippen molar-refractivity contribution in [1.82, 2.24) is 10.6 Å². The SMILES string of the molecule is CC(C)C1N=C(NC(=O)Cc2c(Cl)cccc2Cl)NC1=O. The van der Waals surface area contributed by atoms with E-state index in [1.807, 2.05) is 13.8 Å². The van der Waals surface area contributed by atoms with Crippen LogP contribution in [-0.2, 0) is 16.0 Å². The summed E-state index contributed by atoms with van der Waals surface area (Å²) < 4.78 is 0. The number of carbonyl (C=O) groups is 2. The third-order valence-electron chi connectivity index (χ3n) is 3.07. The molecule has 1 aliphatic rings. The minimum absolute atomic E-state index is 0.0136. The molecule has 0 radical (unpaired) electrons. The van der Waals surface area contributed by atoms with Crippen molar-refractivity contribution in [3.63, 3.8) is 0 Å². The number of guanidine groups is 1. The van der Waals surface area contributed by atoms with Crippen LogP contribution in [0.3, 0.4) is 0 Å². The Morgan fingerprint density at radius 3 is 2.52 bits per heavy atom. The van der Waals surface area contributed by atoms with E-state index >= 15 is 0 Å². The molecule has 1 heterocycles. The molecule has 1 aromatic rings. The fourth-order valence-electron chi connectivity index (χ4n) is 1.97. The highest BCUT2D eigenvalue weighted by Gasteiger charge is 2.29. The number of benzene rings is 1. The monoisotopic (exact) mass is 327 g/mol. The van der Waals surface area contributed by atoms with E-state index in [9.17, 15) is 9.59 Å². The molecule has 112 valence electrons. The molecule has 1 unspecified atom stereocenters. The molecule has 21 heavy (non-hydrogen) atoms. The number of aliphatic imine (C=N–C) groups is 1. The van der Waals surface area contributed by atoms with Crippen molar-refractivity contribution in [1.29, 1.82) is 0 Å². The molecule has 1 aromatic carbocycles. The summed E-state index contributed by atoms with van der Waals surface area (Å²) in [6, 6.07) is 4.57. The van der Waals surface area contributed by atoms with Gasteiger partial charge in [0.25, 0.3) is 5.91 Å². The topological polar surface area (TPSA) is 70.6 Å². The zero-order chi connectivity index (χ0) is 15.6. The van der Waals surface area contributed by atoms with Crippen LogP contribution >= 0.6 is 23.2 Å². The number of halogens is 2. The number of hydrogen-bond acceptors (Lipinski definition) is 3. The normalized spacial score (nSPS) is 17.7. The van der Waals surface area contributed by atoms with Crippen LogP contribution in [0.5, 0.6) is 0 Å². The van der Waals surface area contributed by atoms with E-state index in [2.05, 4.69) is 15.6 Å². The van der Waals surface area contributed by atoms with Gasteiger partial charge in [-0.1, -0.05) is 43.1 Å². The van der Waals surface area contributed by atoms with Gasteiger partial charge in [-0.2, -0.15) is 0 Å². The predicted octanol–water partition coefficient (Wildman–Crippen LogP) is 2.16. The molecule has 0 bridgehead atoms. The maximum atomic E-state index is 12.0.